The summed E-state index contributed by atoms with van der Waals surface area (Å²) >= 11 is 6.17. The normalized spacial score (nSPS) is 34.3. The molecule has 1 N–H and O–H groups in total. The SMILES string of the molecule is CS(=O)(=O)c1ccc(Cl)c(C(=O)NC23CC4CC(CC(C4)C2)C3)c1. The first kappa shape index (κ1) is 16.4. The van der Waals surface area contributed by atoms with Crippen molar-refractivity contribution in [1.29, 1.82) is 0 Å². The fraction of sp³-hybridized carbons (Fsp3) is 0.611. The Morgan fingerprint density at radius 2 is 1.67 bits per heavy atom. The molecule has 0 heterocycles. The molecule has 0 atom stereocenters. The Balaban J connectivity index is 1.61. The summed E-state index contributed by atoms with van der Waals surface area (Å²) in [5.41, 5.74) is 0.145. The quantitative estimate of drug-likeness (QED) is 0.890. The standard InChI is InChI=1S/C18H22ClNO3S/c1-24(22,23)14-2-3-16(19)15(7-14)17(21)20-18-8-11-4-12(9-18)6-13(5-11)10-18/h2-3,7,11-13H,4-6,8-10H2,1H3,(H,20,21). The molecule has 1 amide bonds. The van der Waals surface area contributed by atoms with Gasteiger partial charge in [-0.1, -0.05) is 11.6 Å². The third-order valence-electron chi connectivity index (χ3n) is 6.03. The number of carbonyl (C=O) groups is 1. The smallest absolute Gasteiger partial charge is 0.253 e. The van der Waals surface area contributed by atoms with Crippen LogP contribution in [-0.2, 0) is 9.84 Å². The van der Waals surface area contributed by atoms with Gasteiger partial charge in [-0.25, -0.2) is 8.42 Å². The number of hydrogen-bond donors (Lipinski definition) is 1. The van der Waals surface area contributed by atoms with Gasteiger partial charge in [0.2, 0.25) is 0 Å². The van der Waals surface area contributed by atoms with Gasteiger partial charge in [0, 0.05) is 11.8 Å². The molecule has 6 heteroatoms. The minimum atomic E-state index is -3.37. The zero-order valence-corrected chi connectivity index (χ0v) is 15.3. The van der Waals surface area contributed by atoms with Gasteiger partial charge in [0.15, 0.2) is 9.84 Å². The molecule has 4 aliphatic carbocycles. The van der Waals surface area contributed by atoms with Crippen LogP contribution in [0, 0.1) is 17.8 Å². The number of sulfone groups is 1. The van der Waals surface area contributed by atoms with Crippen LogP contribution in [0.5, 0.6) is 0 Å². The van der Waals surface area contributed by atoms with Crippen LogP contribution in [-0.4, -0.2) is 26.1 Å². The fourth-order valence-electron chi connectivity index (χ4n) is 5.48. The molecule has 0 unspecified atom stereocenters. The summed E-state index contributed by atoms with van der Waals surface area (Å²) in [6, 6.07) is 4.33. The van der Waals surface area contributed by atoms with Crippen LogP contribution in [0.25, 0.3) is 0 Å². The van der Waals surface area contributed by atoms with E-state index >= 15 is 0 Å². The lowest BCUT2D eigenvalue weighted by molar-refractivity contribution is -0.0167. The molecule has 4 fully saturated rings. The summed E-state index contributed by atoms with van der Waals surface area (Å²) < 4.78 is 23.5. The van der Waals surface area contributed by atoms with E-state index in [9.17, 15) is 13.2 Å². The lowest BCUT2D eigenvalue weighted by Gasteiger charge is -2.56. The van der Waals surface area contributed by atoms with Crippen LogP contribution in [0.1, 0.15) is 48.9 Å². The molecule has 1 aromatic rings. The molecule has 4 bridgehead atoms. The van der Waals surface area contributed by atoms with Crippen molar-refractivity contribution in [2.45, 2.75) is 49.0 Å². The first-order chi connectivity index (χ1) is 11.2. The molecule has 4 aliphatic rings. The monoisotopic (exact) mass is 367 g/mol. The Kier molecular flexibility index (Phi) is 3.73. The van der Waals surface area contributed by atoms with Crippen molar-refractivity contribution in [2.24, 2.45) is 17.8 Å². The first-order valence-electron chi connectivity index (χ1n) is 8.56. The summed E-state index contributed by atoms with van der Waals surface area (Å²) in [6.45, 7) is 0. The number of nitrogens with one attached hydrogen (secondary N) is 1. The highest BCUT2D eigenvalue weighted by Gasteiger charge is 2.51. The maximum Gasteiger partial charge on any atom is 0.253 e. The molecule has 4 nitrogen and oxygen atoms in total. The number of amides is 1. The van der Waals surface area contributed by atoms with Crippen molar-refractivity contribution in [3.8, 4) is 0 Å². The number of benzene rings is 1. The summed E-state index contributed by atoms with van der Waals surface area (Å²) in [5.74, 6) is 1.95. The fourth-order valence-corrected chi connectivity index (χ4v) is 6.33. The third kappa shape index (κ3) is 2.86. The van der Waals surface area contributed by atoms with E-state index < -0.39 is 9.84 Å². The molecule has 24 heavy (non-hydrogen) atoms. The van der Waals surface area contributed by atoms with Gasteiger partial charge in [-0.2, -0.15) is 0 Å². The number of rotatable bonds is 3. The van der Waals surface area contributed by atoms with E-state index in [1.54, 1.807) is 0 Å². The van der Waals surface area contributed by atoms with Crippen molar-refractivity contribution in [1.82, 2.24) is 5.32 Å². The molecule has 0 aliphatic heterocycles. The second-order valence-corrected chi connectivity index (χ2v) is 10.5. The van der Waals surface area contributed by atoms with Gasteiger partial charge in [-0.15, -0.1) is 0 Å². The average molecular weight is 368 g/mol. The summed E-state index contributed by atoms with van der Waals surface area (Å²) in [4.78, 5) is 13.0. The van der Waals surface area contributed by atoms with Gasteiger partial charge in [0.1, 0.15) is 0 Å². The van der Waals surface area contributed by atoms with Gasteiger partial charge in [-0.05, 0) is 74.5 Å². The number of hydrogen-bond acceptors (Lipinski definition) is 3. The number of carbonyl (C=O) groups excluding carboxylic acids is 1. The minimum absolute atomic E-state index is 0.115. The molecule has 4 saturated carbocycles. The second kappa shape index (κ2) is 5.46. The molecule has 130 valence electrons. The van der Waals surface area contributed by atoms with Crippen LogP contribution < -0.4 is 5.32 Å². The van der Waals surface area contributed by atoms with Crippen LogP contribution in [0.2, 0.25) is 5.02 Å². The van der Waals surface area contributed by atoms with Crippen molar-refractivity contribution in [3.05, 3.63) is 28.8 Å². The maximum absolute atomic E-state index is 12.8. The van der Waals surface area contributed by atoms with E-state index in [-0.39, 0.29) is 21.9 Å². The van der Waals surface area contributed by atoms with E-state index in [1.165, 1.54) is 37.5 Å². The largest absolute Gasteiger partial charge is 0.347 e. The predicted octanol–water partition coefficient (Wildman–Crippen LogP) is 3.44. The van der Waals surface area contributed by atoms with Gasteiger partial charge in [-0.3, -0.25) is 4.79 Å². The summed E-state index contributed by atoms with van der Waals surface area (Å²) in [5, 5.41) is 3.54. The lowest BCUT2D eigenvalue weighted by Crippen LogP contribution is -2.59. The van der Waals surface area contributed by atoms with E-state index in [4.69, 9.17) is 11.6 Å². The van der Waals surface area contributed by atoms with E-state index in [0.29, 0.717) is 5.02 Å². The maximum atomic E-state index is 12.8. The van der Waals surface area contributed by atoms with Crippen LogP contribution in [0.15, 0.2) is 23.1 Å². The van der Waals surface area contributed by atoms with Crippen molar-refractivity contribution in [2.75, 3.05) is 6.26 Å². The highest BCUT2D eigenvalue weighted by molar-refractivity contribution is 7.90. The zero-order chi connectivity index (χ0) is 17.1. The first-order valence-corrected chi connectivity index (χ1v) is 10.8. The van der Waals surface area contributed by atoms with Crippen LogP contribution in [0.3, 0.4) is 0 Å². The highest BCUT2D eigenvalue weighted by atomic mass is 35.5. The predicted molar refractivity (Wildman–Crippen MR) is 92.9 cm³/mol. The molecule has 5 rings (SSSR count). The Bertz CT molecular complexity index is 767. The topological polar surface area (TPSA) is 63.2 Å². The summed E-state index contributed by atoms with van der Waals surface area (Å²) in [7, 11) is -3.37. The van der Waals surface area contributed by atoms with E-state index in [2.05, 4.69) is 5.32 Å². The van der Waals surface area contributed by atoms with Crippen LogP contribution >= 0.6 is 11.6 Å². The molecule has 1 aromatic carbocycles. The summed E-state index contributed by atoms with van der Waals surface area (Å²) in [6.07, 6.45) is 8.20. The van der Waals surface area contributed by atoms with Gasteiger partial charge < -0.3 is 5.32 Å². The van der Waals surface area contributed by atoms with Gasteiger partial charge >= 0.3 is 0 Å². The van der Waals surface area contributed by atoms with Gasteiger partial charge in [0.05, 0.1) is 15.5 Å². The molecule has 0 aromatic heterocycles. The Labute approximate surface area is 147 Å². The molecular weight excluding hydrogens is 346 g/mol. The molecule has 0 radical (unpaired) electrons. The Morgan fingerprint density at radius 3 is 2.17 bits per heavy atom. The Morgan fingerprint density at radius 1 is 1.12 bits per heavy atom. The third-order valence-corrected chi connectivity index (χ3v) is 7.47. The van der Waals surface area contributed by atoms with Crippen molar-refractivity contribution >= 4 is 27.3 Å². The second-order valence-electron chi connectivity index (χ2n) is 8.07. The highest BCUT2D eigenvalue weighted by Crippen LogP contribution is 2.55. The zero-order valence-electron chi connectivity index (χ0n) is 13.7. The molecule has 0 spiro atoms. The van der Waals surface area contributed by atoms with Crippen LogP contribution in [0.4, 0.5) is 0 Å². The van der Waals surface area contributed by atoms with E-state index in [1.807, 2.05) is 0 Å². The molecular formula is C18H22ClNO3S. The van der Waals surface area contributed by atoms with Crippen molar-refractivity contribution < 1.29 is 13.2 Å². The van der Waals surface area contributed by atoms with E-state index in [0.717, 1.165) is 43.3 Å². The van der Waals surface area contributed by atoms with Crippen molar-refractivity contribution in [3.63, 3.8) is 0 Å². The lowest BCUT2D eigenvalue weighted by atomic mass is 9.53. The Hall–Kier alpha value is -1.07. The average Bonchev–Trinajstić information content (AvgIpc) is 2.44. The molecule has 0 saturated heterocycles. The minimum Gasteiger partial charge on any atom is -0.347 e. The van der Waals surface area contributed by atoms with Gasteiger partial charge in [0.25, 0.3) is 5.91 Å². The number of halogens is 1.